The Morgan fingerprint density at radius 2 is 0.889 bits per heavy atom. The van der Waals surface area contributed by atoms with E-state index in [0.717, 1.165) is 16.7 Å². The van der Waals surface area contributed by atoms with Gasteiger partial charge in [0.25, 0.3) is 0 Å². The molecule has 3 heterocycles. The van der Waals surface area contributed by atoms with Crippen molar-refractivity contribution in [3.05, 3.63) is 105 Å². The SMILES string of the molecule is Clc1cccc(C2OC[C@@H]3OC(c4cccc(Cl)c4)O[C@@H]4[C@H]3OC(c3cccc(Cl)c3)O[C@@H]4CO2)c1. The minimum absolute atomic E-state index is 0.202. The number of hydrogen-bond donors (Lipinski definition) is 0. The van der Waals surface area contributed by atoms with Crippen LogP contribution in [0.1, 0.15) is 35.6 Å². The van der Waals surface area contributed by atoms with Gasteiger partial charge in [0.2, 0.25) is 0 Å². The number of benzene rings is 3. The summed E-state index contributed by atoms with van der Waals surface area (Å²) in [6, 6.07) is 22.2. The predicted octanol–water partition coefficient (Wildman–Crippen LogP) is 6.66. The molecule has 7 atom stereocenters. The Balaban J connectivity index is 1.33. The van der Waals surface area contributed by atoms with Crippen LogP contribution in [0, 0.1) is 0 Å². The standard InChI is InChI=1S/C27H23Cl3O6/c28-18-7-1-4-15(10-18)25-31-13-21-24-23(35-26(33-21)16-5-2-8-19(29)11-16)22(14-32-25)34-27(36-24)17-6-3-9-20(30)12-17/h1-12,21-27H,13-14H2/t21-,22+,23-,24-,25?,26?,27?/m0/s1. The molecular formula is C27H23Cl3O6. The van der Waals surface area contributed by atoms with Crippen LogP contribution in [-0.4, -0.2) is 37.6 Å². The second-order valence-electron chi connectivity index (χ2n) is 8.88. The van der Waals surface area contributed by atoms with Crippen molar-refractivity contribution in [3.8, 4) is 0 Å². The molecule has 3 aliphatic heterocycles. The van der Waals surface area contributed by atoms with Gasteiger partial charge in [-0.1, -0.05) is 71.2 Å². The fraction of sp³-hybridized carbons (Fsp3) is 0.333. The minimum atomic E-state index is -0.668. The van der Waals surface area contributed by atoms with E-state index >= 15 is 0 Å². The topological polar surface area (TPSA) is 55.4 Å². The van der Waals surface area contributed by atoms with Crippen LogP contribution in [-0.2, 0) is 28.4 Å². The average Bonchev–Trinajstić information content (AvgIpc) is 2.90. The van der Waals surface area contributed by atoms with Crippen LogP contribution < -0.4 is 0 Å². The van der Waals surface area contributed by atoms with E-state index in [2.05, 4.69) is 0 Å². The molecule has 4 bridgehead atoms. The molecule has 0 aliphatic carbocycles. The zero-order valence-corrected chi connectivity index (χ0v) is 21.2. The van der Waals surface area contributed by atoms with Gasteiger partial charge in [0, 0.05) is 31.8 Å². The molecule has 188 valence electrons. The van der Waals surface area contributed by atoms with E-state index < -0.39 is 43.3 Å². The van der Waals surface area contributed by atoms with Crippen molar-refractivity contribution in [2.75, 3.05) is 13.2 Å². The van der Waals surface area contributed by atoms with E-state index in [1.807, 2.05) is 54.6 Å². The Labute approximate surface area is 223 Å². The lowest BCUT2D eigenvalue weighted by molar-refractivity contribution is -0.384. The van der Waals surface area contributed by atoms with Gasteiger partial charge in [0.15, 0.2) is 18.9 Å². The van der Waals surface area contributed by atoms with Gasteiger partial charge in [0.05, 0.1) is 13.2 Å². The second-order valence-corrected chi connectivity index (χ2v) is 10.2. The highest BCUT2D eigenvalue weighted by Gasteiger charge is 2.51. The fourth-order valence-corrected chi connectivity index (χ4v) is 5.32. The van der Waals surface area contributed by atoms with Gasteiger partial charge in [-0.05, 0) is 36.4 Å². The Kier molecular flexibility index (Phi) is 7.23. The van der Waals surface area contributed by atoms with Gasteiger partial charge < -0.3 is 28.4 Å². The summed E-state index contributed by atoms with van der Waals surface area (Å²) < 4.78 is 38.1. The average molecular weight is 550 g/mol. The molecule has 3 saturated heterocycles. The fourth-order valence-electron chi connectivity index (χ4n) is 4.72. The van der Waals surface area contributed by atoms with Crippen molar-refractivity contribution in [1.29, 1.82) is 0 Å². The second kappa shape index (κ2) is 10.6. The van der Waals surface area contributed by atoms with E-state index in [0.29, 0.717) is 15.1 Å². The zero-order valence-electron chi connectivity index (χ0n) is 19.0. The number of halogens is 3. The van der Waals surface area contributed by atoms with E-state index in [9.17, 15) is 0 Å². The van der Waals surface area contributed by atoms with Crippen molar-refractivity contribution in [1.82, 2.24) is 0 Å². The summed E-state index contributed by atoms with van der Waals surface area (Å²) in [7, 11) is 0. The van der Waals surface area contributed by atoms with Crippen LogP contribution in [0.15, 0.2) is 72.8 Å². The number of rotatable bonds is 3. The molecule has 3 unspecified atom stereocenters. The van der Waals surface area contributed by atoms with Crippen molar-refractivity contribution in [2.24, 2.45) is 0 Å². The van der Waals surface area contributed by atoms with E-state index in [4.69, 9.17) is 63.2 Å². The highest BCUT2D eigenvalue weighted by atomic mass is 35.5. The molecule has 0 spiro atoms. The zero-order chi connectivity index (χ0) is 24.6. The summed E-state index contributed by atoms with van der Waals surface area (Å²) in [6.45, 7) is 0.404. The molecular weight excluding hydrogens is 527 g/mol. The normalized spacial score (nSPS) is 32.2. The van der Waals surface area contributed by atoms with Crippen LogP contribution >= 0.6 is 34.8 Å². The molecule has 9 heteroatoms. The first kappa shape index (κ1) is 24.6. The first-order valence-electron chi connectivity index (χ1n) is 11.6. The third-order valence-electron chi connectivity index (χ3n) is 6.40. The highest BCUT2D eigenvalue weighted by Crippen LogP contribution is 2.43. The van der Waals surface area contributed by atoms with Crippen molar-refractivity contribution < 1.29 is 28.4 Å². The van der Waals surface area contributed by atoms with Crippen LogP contribution in [0.2, 0.25) is 15.1 Å². The Hall–Kier alpha value is -1.71. The lowest BCUT2D eigenvalue weighted by atomic mass is 9.99. The van der Waals surface area contributed by atoms with Crippen molar-refractivity contribution >= 4 is 34.8 Å². The van der Waals surface area contributed by atoms with Crippen molar-refractivity contribution in [2.45, 2.75) is 43.3 Å². The Morgan fingerprint density at radius 1 is 0.500 bits per heavy atom. The summed E-state index contributed by atoms with van der Waals surface area (Å²) in [4.78, 5) is 0. The van der Waals surface area contributed by atoms with Crippen LogP contribution in [0.5, 0.6) is 0 Å². The number of ether oxygens (including phenoxy) is 6. The third kappa shape index (κ3) is 5.16. The summed E-state index contributed by atoms with van der Waals surface area (Å²) in [5, 5.41) is 1.78. The van der Waals surface area contributed by atoms with Gasteiger partial charge in [-0.25, -0.2) is 0 Å². The van der Waals surface area contributed by atoms with Gasteiger partial charge in [-0.15, -0.1) is 0 Å². The van der Waals surface area contributed by atoms with Gasteiger partial charge in [0.1, 0.15) is 24.4 Å². The van der Waals surface area contributed by atoms with Crippen molar-refractivity contribution in [3.63, 3.8) is 0 Å². The molecule has 0 saturated carbocycles. The molecule has 3 aromatic carbocycles. The van der Waals surface area contributed by atoms with Crippen LogP contribution in [0.4, 0.5) is 0 Å². The first-order valence-corrected chi connectivity index (χ1v) is 12.8. The smallest absolute Gasteiger partial charge is 0.185 e. The van der Waals surface area contributed by atoms with Gasteiger partial charge >= 0.3 is 0 Å². The maximum Gasteiger partial charge on any atom is 0.185 e. The van der Waals surface area contributed by atoms with Crippen LogP contribution in [0.25, 0.3) is 0 Å². The monoisotopic (exact) mass is 548 g/mol. The minimum Gasteiger partial charge on any atom is -0.346 e. The molecule has 0 N–H and O–H groups in total. The Morgan fingerprint density at radius 3 is 1.28 bits per heavy atom. The summed E-state index contributed by atoms with van der Waals surface area (Å²) in [6.07, 6.45) is -3.87. The third-order valence-corrected chi connectivity index (χ3v) is 7.11. The molecule has 6 nitrogen and oxygen atoms in total. The van der Waals surface area contributed by atoms with E-state index in [-0.39, 0.29) is 13.2 Å². The predicted molar refractivity (Wildman–Crippen MR) is 134 cm³/mol. The lowest BCUT2D eigenvalue weighted by Crippen LogP contribution is -2.59. The largest absolute Gasteiger partial charge is 0.346 e. The molecule has 3 aliphatic rings. The highest BCUT2D eigenvalue weighted by molar-refractivity contribution is 6.31. The Bertz CT molecular complexity index is 1150. The summed E-state index contributed by atoms with van der Waals surface area (Å²) >= 11 is 18.7. The molecule has 3 fully saturated rings. The molecule has 0 radical (unpaired) electrons. The van der Waals surface area contributed by atoms with Crippen LogP contribution in [0.3, 0.4) is 0 Å². The van der Waals surface area contributed by atoms with Gasteiger partial charge in [-0.2, -0.15) is 0 Å². The first-order chi connectivity index (χ1) is 17.5. The maximum atomic E-state index is 6.41. The van der Waals surface area contributed by atoms with E-state index in [1.165, 1.54) is 0 Å². The summed E-state index contributed by atoms with van der Waals surface area (Å²) in [5.74, 6) is 0. The molecule has 3 aromatic rings. The molecule has 0 aromatic heterocycles. The summed E-state index contributed by atoms with van der Waals surface area (Å²) in [5.41, 5.74) is 2.40. The quantitative estimate of drug-likeness (QED) is 0.364. The lowest BCUT2D eigenvalue weighted by Gasteiger charge is -2.48. The molecule has 6 rings (SSSR count). The number of hydrogen-bond acceptors (Lipinski definition) is 6. The maximum absolute atomic E-state index is 6.41. The van der Waals surface area contributed by atoms with Gasteiger partial charge in [-0.3, -0.25) is 0 Å². The molecule has 36 heavy (non-hydrogen) atoms. The molecule has 0 amide bonds. The van der Waals surface area contributed by atoms with E-state index in [1.54, 1.807) is 18.2 Å².